The van der Waals surface area contributed by atoms with Gasteiger partial charge in [0.2, 0.25) is 11.8 Å². The lowest BCUT2D eigenvalue weighted by atomic mass is 10.1. The van der Waals surface area contributed by atoms with Crippen molar-refractivity contribution < 1.29 is 19.1 Å². The third kappa shape index (κ3) is 6.13. The standard InChI is InChI=1S/C20H27N3O4/c1-14(2)10-11-16(18(21)24)22-19(25)17-9-6-12-23(17)20(26)27-13-15-7-4-3-5-8-15/h3-5,7-8,10,16-17H,6,9,11-13H2,1-2H3,(H2,21,24)(H,22,25)/t16-,17+/m0/s1. The molecule has 1 heterocycles. The van der Waals surface area contributed by atoms with E-state index in [0.717, 1.165) is 11.1 Å². The first kappa shape index (κ1) is 20.5. The summed E-state index contributed by atoms with van der Waals surface area (Å²) in [6, 6.07) is 7.90. The van der Waals surface area contributed by atoms with E-state index in [2.05, 4.69) is 5.32 Å². The Hall–Kier alpha value is -2.83. The number of nitrogens with two attached hydrogens (primary N) is 1. The fourth-order valence-electron chi connectivity index (χ4n) is 2.93. The first-order valence-corrected chi connectivity index (χ1v) is 9.09. The van der Waals surface area contributed by atoms with Gasteiger partial charge < -0.3 is 15.8 Å². The van der Waals surface area contributed by atoms with Crippen molar-refractivity contribution in [2.75, 3.05) is 6.54 Å². The molecule has 0 bridgehead atoms. The molecule has 3 N–H and O–H groups in total. The van der Waals surface area contributed by atoms with Crippen molar-refractivity contribution in [3.8, 4) is 0 Å². The second-order valence-corrected chi connectivity index (χ2v) is 6.87. The molecule has 1 aliphatic heterocycles. The summed E-state index contributed by atoms with van der Waals surface area (Å²) in [7, 11) is 0. The number of carbonyl (C=O) groups excluding carboxylic acids is 3. The summed E-state index contributed by atoms with van der Waals surface area (Å²) in [6.45, 7) is 4.40. The third-order valence-corrected chi connectivity index (χ3v) is 4.42. The number of likely N-dealkylation sites (tertiary alicyclic amines) is 1. The van der Waals surface area contributed by atoms with Gasteiger partial charge in [0.15, 0.2) is 0 Å². The summed E-state index contributed by atoms with van der Waals surface area (Å²) in [6.07, 6.45) is 2.87. The minimum absolute atomic E-state index is 0.148. The molecule has 146 valence electrons. The smallest absolute Gasteiger partial charge is 0.410 e. The van der Waals surface area contributed by atoms with Crippen molar-refractivity contribution in [3.05, 3.63) is 47.5 Å². The maximum atomic E-state index is 12.6. The number of primary amides is 1. The van der Waals surface area contributed by atoms with Crippen molar-refractivity contribution in [2.45, 2.75) is 51.8 Å². The van der Waals surface area contributed by atoms with Crippen LogP contribution in [-0.4, -0.2) is 41.4 Å². The molecule has 0 radical (unpaired) electrons. The molecule has 3 amide bonds. The van der Waals surface area contributed by atoms with Crippen LogP contribution in [0.2, 0.25) is 0 Å². The Kier molecular flexibility index (Phi) is 7.40. The van der Waals surface area contributed by atoms with Crippen LogP contribution < -0.4 is 11.1 Å². The van der Waals surface area contributed by atoms with Crippen molar-refractivity contribution in [3.63, 3.8) is 0 Å². The quantitative estimate of drug-likeness (QED) is 0.715. The van der Waals surface area contributed by atoms with E-state index in [4.69, 9.17) is 10.5 Å². The van der Waals surface area contributed by atoms with Crippen LogP contribution in [-0.2, 0) is 20.9 Å². The zero-order valence-electron chi connectivity index (χ0n) is 15.8. The number of ether oxygens (including phenoxy) is 1. The molecule has 0 aliphatic carbocycles. The van der Waals surface area contributed by atoms with E-state index >= 15 is 0 Å². The van der Waals surface area contributed by atoms with Crippen LogP contribution >= 0.6 is 0 Å². The second-order valence-electron chi connectivity index (χ2n) is 6.87. The molecular formula is C20H27N3O4. The highest BCUT2D eigenvalue weighted by Gasteiger charge is 2.36. The maximum Gasteiger partial charge on any atom is 0.410 e. The predicted octanol–water partition coefficient (Wildman–Crippen LogP) is 2.11. The van der Waals surface area contributed by atoms with Crippen LogP contribution in [0.3, 0.4) is 0 Å². The Morgan fingerprint density at radius 3 is 2.63 bits per heavy atom. The average molecular weight is 373 g/mol. The van der Waals surface area contributed by atoms with Gasteiger partial charge in [0, 0.05) is 6.54 Å². The van der Waals surface area contributed by atoms with Gasteiger partial charge in [0.25, 0.3) is 0 Å². The maximum absolute atomic E-state index is 12.6. The van der Waals surface area contributed by atoms with E-state index in [1.54, 1.807) is 0 Å². The van der Waals surface area contributed by atoms with Gasteiger partial charge in [-0.15, -0.1) is 0 Å². The minimum atomic E-state index is -0.796. The topological polar surface area (TPSA) is 102 Å². The minimum Gasteiger partial charge on any atom is -0.445 e. The molecule has 7 heteroatoms. The van der Waals surface area contributed by atoms with Crippen LogP contribution in [0, 0.1) is 0 Å². The summed E-state index contributed by atoms with van der Waals surface area (Å²) in [5.74, 6) is -0.979. The first-order valence-electron chi connectivity index (χ1n) is 9.09. The Labute approximate surface area is 159 Å². The molecule has 2 atom stereocenters. The lowest BCUT2D eigenvalue weighted by Crippen LogP contribution is -2.52. The largest absolute Gasteiger partial charge is 0.445 e. The van der Waals surface area contributed by atoms with E-state index in [9.17, 15) is 14.4 Å². The van der Waals surface area contributed by atoms with Crippen LogP contribution in [0.5, 0.6) is 0 Å². The van der Waals surface area contributed by atoms with Gasteiger partial charge in [-0.25, -0.2) is 4.79 Å². The number of allylic oxidation sites excluding steroid dienone is 1. The first-order chi connectivity index (χ1) is 12.9. The van der Waals surface area contributed by atoms with Gasteiger partial charge in [0.1, 0.15) is 18.7 Å². The SMILES string of the molecule is CC(C)=CC[C@H](NC(=O)[C@H]1CCCN1C(=O)OCc1ccccc1)C(N)=O. The number of nitrogens with one attached hydrogen (secondary N) is 1. The molecule has 1 saturated heterocycles. The van der Waals surface area contributed by atoms with E-state index in [1.165, 1.54) is 4.90 Å². The molecule has 1 aliphatic rings. The van der Waals surface area contributed by atoms with Gasteiger partial charge in [-0.3, -0.25) is 14.5 Å². The molecule has 27 heavy (non-hydrogen) atoms. The highest BCUT2D eigenvalue weighted by atomic mass is 16.6. The van der Waals surface area contributed by atoms with Gasteiger partial charge in [0.05, 0.1) is 0 Å². The third-order valence-electron chi connectivity index (χ3n) is 4.42. The van der Waals surface area contributed by atoms with Crippen LogP contribution in [0.25, 0.3) is 0 Å². The highest BCUT2D eigenvalue weighted by Crippen LogP contribution is 2.19. The van der Waals surface area contributed by atoms with E-state index in [-0.39, 0.29) is 12.5 Å². The van der Waals surface area contributed by atoms with Crippen molar-refractivity contribution >= 4 is 17.9 Å². The number of carbonyl (C=O) groups is 3. The van der Waals surface area contributed by atoms with E-state index < -0.39 is 24.1 Å². The molecule has 1 fully saturated rings. The number of hydrogen-bond acceptors (Lipinski definition) is 4. The van der Waals surface area contributed by atoms with Gasteiger partial charge in [-0.1, -0.05) is 42.0 Å². The van der Waals surface area contributed by atoms with E-state index in [0.29, 0.717) is 25.8 Å². The summed E-state index contributed by atoms with van der Waals surface area (Å²) in [4.78, 5) is 38.0. The Morgan fingerprint density at radius 2 is 2.00 bits per heavy atom. The van der Waals surface area contributed by atoms with Crippen molar-refractivity contribution in [2.24, 2.45) is 5.73 Å². The highest BCUT2D eigenvalue weighted by molar-refractivity contribution is 5.91. The van der Waals surface area contributed by atoms with Crippen LogP contribution in [0.4, 0.5) is 4.79 Å². The van der Waals surface area contributed by atoms with Gasteiger partial charge in [-0.05, 0) is 38.7 Å². The number of amides is 3. The number of rotatable bonds is 7. The van der Waals surface area contributed by atoms with Crippen LogP contribution in [0.15, 0.2) is 42.0 Å². The Bertz CT molecular complexity index is 698. The number of benzene rings is 1. The number of hydrogen-bond donors (Lipinski definition) is 2. The molecule has 0 aromatic heterocycles. The summed E-state index contributed by atoms with van der Waals surface area (Å²) < 4.78 is 5.33. The molecular weight excluding hydrogens is 346 g/mol. The van der Waals surface area contributed by atoms with E-state index in [1.807, 2.05) is 50.3 Å². The summed E-state index contributed by atoms with van der Waals surface area (Å²) >= 11 is 0. The second kappa shape index (κ2) is 9.75. The average Bonchev–Trinajstić information content (AvgIpc) is 3.13. The lowest BCUT2D eigenvalue weighted by Gasteiger charge is -2.25. The van der Waals surface area contributed by atoms with Gasteiger partial charge >= 0.3 is 6.09 Å². The summed E-state index contributed by atoms with van der Waals surface area (Å²) in [5, 5.41) is 2.66. The molecule has 1 aromatic carbocycles. The normalized spacial score (nSPS) is 17.1. The monoisotopic (exact) mass is 373 g/mol. The van der Waals surface area contributed by atoms with Crippen LogP contribution in [0.1, 0.15) is 38.7 Å². The molecule has 0 unspecified atom stereocenters. The number of nitrogens with zero attached hydrogens (tertiary/aromatic N) is 1. The zero-order valence-corrected chi connectivity index (χ0v) is 15.8. The molecule has 1 aromatic rings. The zero-order chi connectivity index (χ0) is 19.8. The predicted molar refractivity (Wildman–Crippen MR) is 102 cm³/mol. The Balaban J connectivity index is 1.95. The van der Waals surface area contributed by atoms with Crippen molar-refractivity contribution in [1.29, 1.82) is 0 Å². The lowest BCUT2D eigenvalue weighted by molar-refractivity contribution is -0.129. The molecule has 0 spiro atoms. The molecule has 2 rings (SSSR count). The van der Waals surface area contributed by atoms with Gasteiger partial charge in [-0.2, -0.15) is 0 Å². The Morgan fingerprint density at radius 1 is 1.30 bits per heavy atom. The fourth-order valence-corrected chi connectivity index (χ4v) is 2.93. The molecule has 7 nitrogen and oxygen atoms in total. The summed E-state index contributed by atoms with van der Waals surface area (Å²) in [5.41, 5.74) is 7.29. The molecule has 0 saturated carbocycles. The fraction of sp³-hybridized carbons (Fsp3) is 0.450. The van der Waals surface area contributed by atoms with Crippen molar-refractivity contribution in [1.82, 2.24) is 10.2 Å².